The van der Waals surface area contributed by atoms with E-state index in [0.29, 0.717) is 19.6 Å². The number of fused-ring (bicyclic) bond motifs is 1. The highest BCUT2D eigenvalue weighted by molar-refractivity contribution is 5.90. The number of likely N-dealkylation sites (N-methyl/N-ethyl adjacent to an activating group) is 1. The van der Waals surface area contributed by atoms with Crippen molar-refractivity contribution in [3.63, 3.8) is 0 Å². The van der Waals surface area contributed by atoms with E-state index in [1.165, 1.54) is 0 Å². The molecular weight excluding hydrogens is 418 g/mol. The average molecular weight is 458 g/mol. The molecule has 182 valence electrons. The number of amides is 4. The highest BCUT2D eigenvalue weighted by Gasteiger charge is 2.48. The van der Waals surface area contributed by atoms with Gasteiger partial charge in [-0.15, -0.1) is 0 Å². The maximum absolute atomic E-state index is 13.6. The van der Waals surface area contributed by atoms with Crippen LogP contribution < -0.4 is 10.6 Å². The molecule has 2 saturated heterocycles. The molecule has 1 aromatic rings. The van der Waals surface area contributed by atoms with Crippen LogP contribution in [0, 0.1) is 5.41 Å². The Morgan fingerprint density at radius 2 is 1.61 bits per heavy atom. The molecule has 0 bridgehead atoms. The minimum Gasteiger partial charge on any atom is -0.342 e. The average Bonchev–Trinajstić information content (AvgIpc) is 3.36. The maximum Gasteiger partial charge on any atom is 0.317 e. The highest BCUT2D eigenvalue weighted by Crippen LogP contribution is 2.34. The lowest BCUT2D eigenvalue weighted by Gasteiger charge is -2.36. The van der Waals surface area contributed by atoms with E-state index < -0.39 is 11.5 Å². The third-order valence-electron chi connectivity index (χ3n) is 6.96. The van der Waals surface area contributed by atoms with E-state index in [4.69, 9.17) is 0 Å². The van der Waals surface area contributed by atoms with Crippen LogP contribution in [0.15, 0.2) is 30.3 Å². The van der Waals surface area contributed by atoms with Crippen LogP contribution in [0.1, 0.15) is 46.1 Å². The van der Waals surface area contributed by atoms with E-state index >= 15 is 0 Å². The Bertz CT molecular complexity index is 851. The zero-order valence-electron chi connectivity index (χ0n) is 20.8. The summed E-state index contributed by atoms with van der Waals surface area (Å²) in [6.45, 7) is 9.46. The molecule has 2 aliphatic heterocycles. The number of likely N-dealkylation sites (tertiary alicyclic amines) is 2. The van der Waals surface area contributed by atoms with Crippen molar-refractivity contribution in [3.8, 4) is 0 Å². The van der Waals surface area contributed by atoms with Crippen molar-refractivity contribution in [3.05, 3.63) is 35.9 Å². The van der Waals surface area contributed by atoms with Crippen molar-refractivity contribution < 1.29 is 14.4 Å². The second kappa shape index (κ2) is 10.1. The maximum atomic E-state index is 13.6. The fraction of sp³-hybridized carbons (Fsp3) is 0.640. The lowest BCUT2D eigenvalue weighted by Crippen LogP contribution is -2.58. The Morgan fingerprint density at radius 3 is 2.18 bits per heavy atom. The van der Waals surface area contributed by atoms with Gasteiger partial charge in [0.05, 0.1) is 18.1 Å². The molecule has 4 amide bonds. The molecule has 3 rings (SSSR count). The van der Waals surface area contributed by atoms with Crippen LogP contribution >= 0.6 is 0 Å². The van der Waals surface area contributed by atoms with E-state index in [1.807, 2.05) is 86.8 Å². The van der Waals surface area contributed by atoms with Crippen molar-refractivity contribution in [2.45, 2.75) is 71.2 Å². The fourth-order valence-corrected chi connectivity index (χ4v) is 4.70. The Kier molecular flexibility index (Phi) is 7.67. The van der Waals surface area contributed by atoms with Crippen LogP contribution in [0.5, 0.6) is 0 Å². The molecule has 8 nitrogen and oxygen atoms in total. The van der Waals surface area contributed by atoms with Crippen molar-refractivity contribution in [2.75, 3.05) is 27.2 Å². The topological polar surface area (TPSA) is 85.0 Å². The molecule has 0 saturated carbocycles. The lowest BCUT2D eigenvalue weighted by molar-refractivity contribution is -0.141. The summed E-state index contributed by atoms with van der Waals surface area (Å²) in [7, 11) is 3.69. The molecule has 0 aromatic heterocycles. The van der Waals surface area contributed by atoms with Crippen LogP contribution in [0.4, 0.5) is 4.79 Å². The first-order chi connectivity index (χ1) is 15.5. The Morgan fingerprint density at radius 1 is 1.03 bits per heavy atom. The number of benzene rings is 1. The van der Waals surface area contributed by atoms with Gasteiger partial charge in [-0.1, -0.05) is 51.1 Å². The van der Waals surface area contributed by atoms with Crippen LogP contribution in [0.3, 0.4) is 0 Å². The number of carbonyl (C=O) groups excluding carboxylic acids is 3. The summed E-state index contributed by atoms with van der Waals surface area (Å²) in [4.78, 5) is 44.8. The summed E-state index contributed by atoms with van der Waals surface area (Å²) in [6.07, 6.45) is 1.52. The summed E-state index contributed by atoms with van der Waals surface area (Å²) >= 11 is 0. The normalized spacial score (nSPS) is 22.2. The number of urea groups is 1. The molecule has 0 aliphatic carbocycles. The Labute approximate surface area is 197 Å². The summed E-state index contributed by atoms with van der Waals surface area (Å²) in [5, 5.41) is 6.02. The lowest BCUT2D eigenvalue weighted by atomic mass is 9.85. The SMILES string of the molecule is C[C@@H](C(=O)NC(C(=O)N1CCC2C1CCN2C(=O)NCc1ccccc1)C(C)(C)C)N(C)C. The van der Waals surface area contributed by atoms with Crippen molar-refractivity contribution in [1.82, 2.24) is 25.3 Å². The van der Waals surface area contributed by atoms with Gasteiger partial charge in [-0.2, -0.15) is 0 Å². The molecule has 2 aliphatic rings. The van der Waals surface area contributed by atoms with E-state index in [9.17, 15) is 14.4 Å². The van der Waals surface area contributed by atoms with Gasteiger partial charge in [0.25, 0.3) is 0 Å². The van der Waals surface area contributed by atoms with Gasteiger partial charge in [0, 0.05) is 19.6 Å². The van der Waals surface area contributed by atoms with Gasteiger partial charge in [-0.05, 0) is 44.8 Å². The third-order valence-corrected chi connectivity index (χ3v) is 6.96. The molecule has 2 fully saturated rings. The van der Waals surface area contributed by atoms with E-state index in [-0.39, 0.29) is 36.0 Å². The third kappa shape index (κ3) is 5.66. The van der Waals surface area contributed by atoms with Crippen LogP contribution in [0.2, 0.25) is 0 Å². The second-order valence-electron chi connectivity index (χ2n) is 10.5. The molecule has 1 aromatic carbocycles. The van der Waals surface area contributed by atoms with Crippen molar-refractivity contribution >= 4 is 17.8 Å². The minimum absolute atomic E-state index is 0.00648. The zero-order chi connectivity index (χ0) is 24.3. The molecule has 8 heteroatoms. The number of carbonyl (C=O) groups is 3. The van der Waals surface area contributed by atoms with Crippen LogP contribution in [0.25, 0.3) is 0 Å². The Hall–Kier alpha value is -2.61. The van der Waals surface area contributed by atoms with Gasteiger partial charge in [0.1, 0.15) is 6.04 Å². The van der Waals surface area contributed by atoms with Gasteiger partial charge >= 0.3 is 6.03 Å². The smallest absolute Gasteiger partial charge is 0.317 e. The standard InChI is InChI=1S/C25H39N5O3/c1-17(28(5)6)22(31)27-21(25(2,3)4)23(32)29-14-12-20-19(29)13-15-30(20)24(33)26-16-18-10-8-7-9-11-18/h7-11,17,19-21H,12-16H2,1-6H3,(H,26,33)(H,27,31)/t17-,19?,20?,21?/m0/s1. The molecule has 0 radical (unpaired) electrons. The predicted molar refractivity (Wildman–Crippen MR) is 128 cm³/mol. The summed E-state index contributed by atoms with van der Waals surface area (Å²) < 4.78 is 0. The molecular formula is C25H39N5O3. The zero-order valence-corrected chi connectivity index (χ0v) is 20.8. The molecule has 4 atom stereocenters. The number of hydrogen-bond donors (Lipinski definition) is 2. The molecule has 3 unspecified atom stereocenters. The first-order valence-corrected chi connectivity index (χ1v) is 11.9. The number of nitrogens with one attached hydrogen (secondary N) is 2. The summed E-state index contributed by atoms with van der Waals surface area (Å²) in [6, 6.07) is 8.82. The number of rotatable bonds is 6. The highest BCUT2D eigenvalue weighted by atomic mass is 16.2. The molecule has 2 heterocycles. The van der Waals surface area contributed by atoms with E-state index in [1.54, 1.807) is 0 Å². The molecule has 0 spiro atoms. The fourth-order valence-electron chi connectivity index (χ4n) is 4.70. The summed E-state index contributed by atoms with van der Waals surface area (Å²) in [5.41, 5.74) is 0.628. The van der Waals surface area contributed by atoms with Gasteiger partial charge in [0.2, 0.25) is 11.8 Å². The quantitative estimate of drug-likeness (QED) is 0.685. The van der Waals surface area contributed by atoms with Gasteiger partial charge in [0.15, 0.2) is 0 Å². The van der Waals surface area contributed by atoms with Crippen LogP contribution in [-0.2, 0) is 16.1 Å². The van der Waals surface area contributed by atoms with Gasteiger partial charge in [-0.25, -0.2) is 4.79 Å². The molecule has 33 heavy (non-hydrogen) atoms. The largest absolute Gasteiger partial charge is 0.342 e. The molecule has 2 N–H and O–H groups in total. The van der Waals surface area contributed by atoms with Crippen molar-refractivity contribution in [1.29, 1.82) is 0 Å². The second-order valence-corrected chi connectivity index (χ2v) is 10.5. The first-order valence-electron chi connectivity index (χ1n) is 11.9. The summed E-state index contributed by atoms with van der Waals surface area (Å²) in [5.74, 6) is -0.210. The van der Waals surface area contributed by atoms with Gasteiger partial charge < -0.3 is 20.4 Å². The van der Waals surface area contributed by atoms with Crippen molar-refractivity contribution in [2.24, 2.45) is 5.41 Å². The Balaban J connectivity index is 1.65. The monoisotopic (exact) mass is 457 g/mol. The predicted octanol–water partition coefficient (Wildman–Crippen LogP) is 2.05. The minimum atomic E-state index is -0.618. The van der Waals surface area contributed by atoms with E-state index in [0.717, 1.165) is 18.4 Å². The number of hydrogen-bond acceptors (Lipinski definition) is 4. The van der Waals surface area contributed by atoms with Crippen LogP contribution in [-0.4, -0.2) is 83.9 Å². The number of nitrogens with zero attached hydrogens (tertiary/aromatic N) is 3. The first kappa shape index (κ1) is 25.0. The van der Waals surface area contributed by atoms with Gasteiger partial charge in [-0.3, -0.25) is 14.5 Å². The van der Waals surface area contributed by atoms with E-state index in [2.05, 4.69) is 10.6 Å².